The molecule has 2 aromatic carbocycles. The quantitative estimate of drug-likeness (QED) is 0.563. The van der Waals surface area contributed by atoms with Gasteiger partial charge in [0, 0.05) is 16.1 Å². The van der Waals surface area contributed by atoms with E-state index in [2.05, 4.69) is 4.99 Å². The number of allylic oxidation sites excluding steroid dienone is 1. The number of alkyl halides is 3. The fourth-order valence-electron chi connectivity index (χ4n) is 4.23. The van der Waals surface area contributed by atoms with Crippen LogP contribution in [0.4, 0.5) is 18.9 Å². The average molecular weight is 467 g/mol. The van der Waals surface area contributed by atoms with Gasteiger partial charge >= 0.3 is 6.18 Å². The van der Waals surface area contributed by atoms with Crippen LogP contribution in [-0.4, -0.2) is 38.9 Å². The zero-order valence-electron chi connectivity index (χ0n) is 18.0. The molecule has 2 aliphatic heterocycles. The van der Waals surface area contributed by atoms with E-state index in [1.54, 1.807) is 43.3 Å². The van der Waals surface area contributed by atoms with Crippen LogP contribution >= 0.6 is 11.6 Å². The lowest BCUT2D eigenvalue weighted by Gasteiger charge is -2.35. The van der Waals surface area contributed by atoms with Crippen molar-refractivity contribution < 1.29 is 27.4 Å². The van der Waals surface area contributed by atoms with Crippen LogP contribution in [0.1, 0.15) is 31.1 Å². The molecule has 9 heteroatoms. The maximum Gasteiger partial charge on any atom is 0.431 e. The van der Waals surface area contributed by atoms with Crippen molar-refractivity contribution in [3.05, 3.63) is 63.8 Å². The van der Waals surface area contributed by atoms with Gasteiger partial charge in [-0.1, -0.05) is 29.8 Å². The fraction of sp³-hybridized carbons (Fsp3) is 0.348. The average Bonchev–Trinajstić information content (AvgIpc) is 2.87. The van der Waals surface area contributed by atoms with Gasteiger partial charge in [-0.3, -0.25) is 9.89 Å². The highest BCUT2D eigenvalue weighted by atomic mass is 35.5. The van der Waals surface area contributed by atoms with Crippen molar-refractivity contribution in [3.63, 3.8) is 0 Å². The molecule has 2 heterocycles. The van der Waals surface area contributed by atoms with E-state index in [1.807, 2.05) is 0 Å². The number of halogens is 4. The molecule has 0 amide bonds. The second-order valence-corrected chi connectivity index (χ2v) is 7.96. The highest BCUT2D eigenvalue weighted by molar-refractivity contribution is 6.32. The summed E-state index contributed by atoms with van der Waals surface area (Å²) in [6.45, 7) is 3.06. The first kappa shape index (κ1) is 22.5. The lowest BCUT2D eigenvalue weighted by atomic mass is 9.97. The second kappa shape index (κ2) is 8.33. The molecule has 0 fully saturated rings. The van der Waals surface area contributed by atoms with E-state index in [-0.39, 0.29) is 28.7 Å². The van der Waals surface area contributed by atoms with Crippen LogP contribution in [0.2, 0.25) is 5.02 Å². The molecule has 2 atom stereocenters. The van der Waals surface area contributed by atoms with Crippen LogP contribution in [0.5, 0.6) is 11.5 Å². The Bertz CT molecular complexity index is 1110. The Balaban J connectivity index is 2.01. The minimum atomic E-state index is -4.59. The van der Waals surface area contributed by atoms with Gasteiger partial charge in [0.1, 0.15) is 23.7 Å². The monoisotopic (exact) mass is 466 g/mol. The number of para-hydroxylation sites is 1. The first-order chi connectivity index (χ1) is 15.2. The number of benzene rings is 2. The molecule has 0 N–H and O–H groups in total. The minimum Gasteiger partial charge on any atom is -0.493 e. The van der Waals surface area contributed by atoms with Crippen LogP contribution in [0.3, 0.4) is 0 Å². The predicted octanol–water partition coefficient (Wildman–Crippen LogP) is 5.92. The maximum absolute atomic E-state index is 14.2. The molecule has 170 valence electrons. The van der Waals surface area contributed by atoms with Crippen molar-refractivity contribution in [2.24, 2.45) is 4.99 Å². The van der Waals surface area contributed by atoms with Crippen molar-refractivity contribution >= 4 is 23.1 Å². The standard InChI is InChI=1S/C23H22ClF3N2O3/c1-12-11-28-22-13(2)32-20(14-7-5-10-17(30-3)19(14)31-4)18-15(24)8-6-9-16(18)29(22)21(12)23(25,26)27/h5-10,13,20H,11H2,1-4H3/t13?,20-/m1/s1. The van der Waals surface area contributed by atoms with Crippen molar-refractivity contribution in [2.45, 2.75) is 32.2 Å². The highest BCUT2D eigenvalue weighted by Crippen LogP contribution is 2.49. The molecule has 0 saturated heterocycles. The number of amidine groups is 1. The molecule has 2 aliphatic rings. The van der Waals surface area contributed by atoms with E-state index in [4.69, 9.17) is 25.8 Å². The third kappa shape index (κ3) is 3.61. The molecule has 0 aliphatic carbocycles. The van der Waals surface area contributed by atoms with Gasteiger partial charge in [-0.25, -0.2) is 0 Å². The van der Waals surface area contributed by atoms with Gasteiger partial charge < -0.3 is 14.2 Å². The van der Waals surface area contributed by atoms with Crippen LogP contribution < -0.4 is 14.4 Å². The smallest absolute Gasteiger partial charge is 0.431 e. The van der Waals surface area contributed by atoms with Gasteiger partial charge in [0.05, 0.1) is 26.5 Å². The van der Waals surface area contributed by atoms with E-state index < -0.39 is 24.1 Å². The van der Waals surface area contributed by atoms with Gasteiger partial charge in [-0.15, -0.1) is 0 Å². The number of aliphatic imine (C=N–C) groups is 1. The molecular formula is C23H22ClF3N2O3. The summed E-state index contributed by atoms with van der Waals surface area (Å²) in [5.74, 6) is 1.07. The summed E-state index contributed by atoms with van der Waals surface area (Å²) in [6, 6.07) is 10.1. The summed E-state index contributed by atoms with van der Waals surface area (Å²) in [5.41, 5.74) is 0.607. The second-order valence-electron chi connectivity index (χ2n) is 7.55. The topological polar surface area (TPSA) is 43.3 Å². The molecular weight excluding hydrogens is 445 g/mol. The normalized spacial score (nSPS) is 20.9. The Morgan fingerprint density at radius 3 is 2.50 bits per heavy atom. The largest absolute Gasteiger partial charge is 0.493 e. The number of methoxy groups -OCH3 is 2. The lowest BCUT2D eigenvalue weighted by Crippen LogP contribution is -2.45. The Kier molecular flexibility index (Phi) is 5.85. The Labute approximate surface area is 189 Å². The van der Waals surface area contributed by atoms with Gasteiger partial charge in [0.25, 0.3) is 0 Å². The number of nitrogens with zero attached hydrogens (tertiary/aromatic N) is 2. The molecule has 0 saturated carbocycles. The van der Waals surface area contributed by atoms with Crippen LogP contribution in [0.25, 0.3) is 0 Å². The number of fused-ring (bicyclic) bond motifs is 3. The summed E-state index contributed by atoms with van der Waals surface area (Å²) < 4.78 is 59.9. The Morgan fingerprint density at radius 1 is 1.12 bits per heavy atom. The van der Waals surface area contributed by atoms with E-state index in [0.29, 0.717) is 22.6 Å². The molecule has 0 aromatic heterocycles. The molecule has 32 heavy (non-hydrogen) atoms. The molecule has 4 rings (SSSR count). The van der Waals surface area contributed by atoms with Crippen molar-refractivity contribution in [2.75, 3.05) is 25.7 Å². The van der Waals surface area contributed by atoms with E-state index in [0.717, 1.165) is 4.90 Å². The molecule has 1 unspecified atom stereocenters. The number of ether oxygens (including phenoxy) is 3. The summed E-state index contributed by atoms with van der Waals surface area (Å²) in [4.78, 5) is 5.57. The van der Waals surface area contributed by atoms with Gasteiger partial charge in [-0.05, 0) is 37.6 Å². The number of hydrogen-bond donors (Lipinski definition) is 0. The van der Waals surface area contributed by atoms with Gasteiger partial charge in [-0.2, -0.15) is 13.2 Å². The van der Waals surface area contributed by atoms with Crippen molar-refractivity contribution in [1.82, 2.24) is 0 Å². The fourth-order valence-corrected chi connectivity index (χ4v) is 4.50. The summed E-state index contributed by atoms with van der Waals surface area (Å²) in [7, 11) is 3.01. The van der Waals surface area contributed by atoms with Gasteiger partial charge in [0.2, 0.25) is 0 Å². The van der Waals surface area contributed by atoms with Crippen molar-refractivity contribution in [3.8, 4) is 11.5 Å². The van der Waals surface area contributed by atoms with Crippen LogP contribution in [0.15, 0.2) is 52.7 Å². The van der Waals surface area contributed by atoms with Crippen molar-refractivity contribution in [1.29, 1.82) is 0 Å². The van der Waals surface area contributed by atoms with E-state index in [9.17, 15) is 13.2 Å². The first-order valence-corrected chi connectivity index (χ1v) is 10.3. The highest BCUT2D eigenvalue weighted by Gasteiger charge is 2.47. The Hall–Kier alpha value is -2.71. The molecule has 5 nitrogen and oxygen atoms in total. The number of hydrogen-bond acceptors (Lipinski definition) is 5. The summed E-state index contributed by atoms with van der Waals surface area (Å²) in [6.07, 6.45) is -6.16. The Morgan fingerprint density at radius 2 is 1.84 bits per heavy atom. The molecule has 0 radical (unpaired) electrons. The zero-order valence-corrected chi connectivity index (χ0v) is 18.7. The van der Waals surface area contributed by atoms with E-state index >= 15 is 0 Å². The number of rotatable bonds is 3. The first-order valence-electron chi connectivity index (χ1n) is 9.95. The van der Waals surface area contributed by atoms with Gasteiger partial charge in [0.15, 0.2) is 11.5 Å². The third-order valence-corrected chi connectivity index (χ3v) is 5.89. The van der Waals surface area contributed by atoms with Crippen LogP contribution in [-0.2, 0) is 4.74 Å². The molecule has 0 spiro atoms. The molecule has 0 bridgehead atoms. The SMILES string of the molecule is COc1cccc([C@H]2OC(C)C3=NCC(C)=C(C(F)(F)F)N3c3cccc(Cl)c32)c1OC. The molecule has 2 aromatic rings. The van der Waals surface area contributed by atoms with E-state index in [1.165, 1.54) is 21.1 Å². The third-order valence-electron chi connectivity index (χ3n) is 5.56. The summed E-state index contributed by atoms with van der Waals surface area (Å²) >= 11 is 6.59. The lowest BCUT2D eigenvalue weighted by molar-refractivity contribution is -0.0933. The minimum absolute atomic E-state index is 0.0581. The maximum atomic E-state index is 14.2. The van der Waals surface area contributed by atoms with Crippen LogP contribution in [0, 0.1) is 0 Å². The zero-order chi connectivity index (χ0) is 23.2. The summed E-state index contributed by atoms with van der Waals surface area (Å²) in [5, 5.41) is 0.274. The number of anilines is 1. The predicted molar refractivity (Wildman–Crippen MR) is 117 cm³/mol.